The number of amides is 1. The number of carbonyl (C=O) groups excluding carboxylic acids is 1. The molecule has 0 aromatic heterocycles. The van der Waals surface area contributed by atoms with E-state index in [-0.39, 0.29) is 10.8 Å². The number of hydrogen-bond donors (Lipinski definition) is 2. The molecule has 1 atom stereocenters. The van der Waals surface area contributed by atoms with Gasteiger partial charge in [0.15, 0.2) is 0 Å². The number of aryl methyl sites for hydroxylation is 1. The highest BCUT2D eigenvalue weighted by atomic mass is 35.5. The van der Waals surface area contributed by atoms with E-state index in [9.17, 15) is 13.2 Å². The maximum Gasteiger partial charge on any atom is 0.241 e. The fourth-order valence-electron chi connectivity index (χ4n) is 2.72. The lowest BCUT2D eigenvalue weighted by molar-refractivity contribution is -0.116. The molecule has 2 N–H and O–H groups in total. The molecule has 1 aliphatic rings. The molecule has 0 saturated heterocycles. The van der Waals surface area contributed by atoms with Crippen LogP contribution in [0.5, 0.6) is 0 Å². The van der Waals surface area contributed by atoms with Crippen LogP contribution in [-0.2, 0) is 21.2 Å². The molecule has 1 heterocycles. The van der Waals surface area contributed by atoms with E-state index in [1.54, 1.807) is 37.3 Å². The second kappa shape index (κ2) is 6.55. The molecule has 0 fully saturated rings. The predicted molar refractivity (Wildman–Crippen MR) is 93.6 cm³/mol. The summed E-state index contributed by atoms with van der Waals surface area (Å²) in [6, 6.07) is 11.4. The molecule has 0 saturated carbocycles. The molecule has 7 heteroatoms. The zero-order chi connectivity index (χ0) is 17.3. The van der Waals surface area contributed by atoms with Crippen LogP contribution in [0.25, 0.3) is 0 Å². The lowest BCUT2D eigenvalue weighted by Gasteiger charge is -2.19. The van der Waals surface area contributed by atoms with Gasteiger partial charge in [-0.2, -0.15) is 0 Å². The Morgan fingerprint density at radius 3 is 2.67 bits per heavy atom. The zero-order valence-electron chi connectivity index (χ0n) is 13.0. The van der Waals surface area contributed by atoms with Gasteiger partial charge in [0.1, 0.15) is 0 Å². The summed E-state index contributed by atoms with van der Waals surface area (Å²) in [5, 5.41) is 3.26. The predicted octanol–water partition coefficient (Wildman–Crippen LogP) is 3.26. The van der Waals surface area contributed by atoms with Crippen LogP contribution in [0.2, 0.25) is 5.02 Å². The smallest absolute Gasteiger partial charge is 0.241 e. The van der Waals surface area contributed by atoms with E-state index < -0.39 is 16.1 Å². The van der Waals surface area contributed by atoms with E-state index in [1.165, 1.54) is 6.07 Å². The SMILES string of the molecule is C[C@@H](NS(=O)(=O)c1ccc2c(c1)CCC(=O)N2)c1ccccc1Cl. The number of anilines is 1. The van der Waals surface area contributed by atoms with E-state index in [0.717, 1.165) is 5.56 Å². The number of nitrogens with one attached hydrogen (secondary N) is 2. The van der Waals surface area contributed by atoms with E-state index in [1.807, 2.05) is 6.07 Å². The first kappa shape index (κ1) is 17.0. The van der Waals surface area contributed by atoms with Gasteiger partial charge in [-0.05, 0) is 48.7 Å². The summed E-state index contributed by atoms with van der Waals surface area (Å²) in [4.78, 5) is 11.6. The molecule has 0 radical (unpaired) electrons. The Hall–Kier alpha value is -1.89. The van der Waals surface area contributed by atoms with Crippen molar-refractivity contribution in [2.24, 2.45) is 0 Å². The van der Waals surface area contributed by atoms with Gasteiger partial charge in [-0.3, -0.25) is 4.79 Å². The normalized spacial score (nSPS) is 15.5. The molecule has 3 rings (SSSR count). The van der Waals surface area contributed by atoms with Crippen LogP contribution in [0, 0.1) is 0 Å². The molecule has 2 aromatic rings. The monoisotopic (exact) mass is 364 g/mol. The highest BCUT2D eigenvalue weighted by molar-refractivity contribution is 7.89. The van der Waals surface area contributed by atoms with Gasteiger partial charge >= 0.3 is 0 Å². The van der Waals surface area contributed by atoms with Crippen LogP contribution < -0.4 is 10.0 Å². The molecule has 24 heavy (non-hydrogen) atoms. The molecular weight excluding hydrogens is 348 g/mol. The molecule has 0 aliphatic carbocycles. The average molecular weight is 365 g/mol. The maximum absolute atomic E-state index is 12.6. The summed E-state index contributed by atoms with van der Waals surface area (Å²) in [7, 11) is -3.69. The Balaban J connectivity index is 1.86. The summed E-state index contributed by atoms with van der Waals surface area (Å²) < 4.78 is 27.9. The molecule has 2 aromatic carbocycles. The fourth-order valence-corrected chi connectivity index (χ4v) is 4.29. The number of benzene rings is 2. The van der Waals surface area contributed by atoms with Crippen molar-refractivity contribution in [3.63, 3.8) is 0 Å². The summed E-state index contributed by atoms with van der Waals surface area (Å²) in [6.07, 6.45) is 0.893. The Morgan fingerprint density at radius 2 is 1.92 bits per heavy atom. The van der Waals surface area contributed by atoms with Crippen LogP contribution in [-0.4, -0.2) is 14.3 Å². The maximum atomic E-state index is 12.6. The van der Waals surface area contributed by atoms with Crippen LogP contribution in [0.3, 0.4) is 0 Å². The van der Waals surface area contributed by atoms with Gasteiger partial charge < -0.3 is 5.32 Å². The molecular formula is C17H17ClN2O3S. The Labute approximate surface area is 146 Å². The van der Waals surface area contributed by atoms with E-state index in [4.69, 9.17) is 11.6 Å². The third-order valence-corrected chi connectivity index (χ3v) is 5.87. The number of fused-ring (bicyclic) bond motifs is 1. The number of carbonyl (C=O) groups is 1. The summed E-state index contributed by atoms with van der Waals surface area (Å²) in [6.45, 7) is 1.75. The Kier molecular flexibility index (Phi) is 4.62. The van der Waals surface area contributed by atoms with Crippen LogP contribution >= 0.6 is 11.6 Å². The highest BCUT2D eigenvalue weighted by Gasteiger charge is 2.22. The molecule has 5 nitrogen and oxygen atoms in total. The second-order valence-corrected chi connectivity index (χ2v) is 7.85. The molecule has 126 valence electrons. The van der Waals surface area contributed by atoms with E-state index >= 15 is 0 Å². The van der Waals surface area contributed by atoms with Crippen LogP contribution in [0.1, 0.15) is 30.5 Å². The third-order valence-electron chi connectivity index (χ3n) is 3.99. The lowest BCUT2D eigenvalue weighted by atomic mass is 10.0. The zero-order valence-corrected chi connectivity index (χ0v) is 14.6. The topological polar surface area (TPSA) is 75.3 Å². The van der Waals surface area contributed by atoms with Crippen LogP contribution in [0.4, 0.5) is 5.69 Å². The van der Waals surface area contributed by atoms with Gasteiger partial charge in [0.25, 0.3) is 0 Å². The third kappa shape index (κ3) is 3.45. The molecule has 0 unspecified atom stereocenters. The van der Waals surface area contributed by atoms with E-state index in [0.29, 0.717) is 29.1 Å². The molecule has 0 spiro atoms. The minimum atomic E-state index is -3.69. The second-order valence-electron chi connectivity index (χ2n) is 5.73. The van der Waals surface area contributed by atoms with Crippen molar-refractivity contribution in [3.8, 4) is 0 Å². The van der Waals surface area contributed by atoms with Crippen LogP contribution in [0.15, 0.2) is 47.4 Å². The van der Waals surface area contributed by atoms with Crippen molar-refractivity contribution >= 4 is 33.2 Å². The van der Waals surface area contributed by atoms with Crippen molar-refractivity contribution in [1.29, 1.82) is 0 Å². The molecule has 1 amide bonds. The van der Waals surface area contributed by atoms with Gasteiger partial charge in [0.2, 0.25) is 15.9 Å². The van der Waals surface area contributed by atoms with E-state index in [2.05, 4.69) is 10.0 Å². The number of rotatable bonds is 4. The first-order chi connectivity index (χ1) is 11.4. The van der Waals surface area contributed by atoms with Gasteiger partial charge in [0, 0.05) is 23.2 Å². The number of sulfonamides is 1. The van der Waals surface area contributed by atoms with Crippen molar-refractivity contribution in [3.05, 3.63) is 58.6 Å². The van der Waals surface area contributed by atoms with Gasteiger partial charge in [-0.25, -0.2) is 13.1 Å². The minimum Gasteiger partial charge on any atom is -0.326 e. The highest BCUT2D eigenvalue weighted by Crippen LogP contribution is 2.27. The number of hydrogen-bond acceptors (Lipinski definition) is 3. The average Bonchev–Trinajstić information content (AvgIpc) is 2.54. The lowest BCUT2D eigenvalue weighted by Crippen LogP contribution is -2.27. The van der Waals surface area contributed by atoms with Crippen molar-refractivity contribution in [1.82, 2.24) is 4.72 Å². The Bertz CT molecular complexity index is 896. The van der Waals surface area contributed by atoms with Crippen molar-refractivity contribution in [2.75, 3.05) is 5.32 Å². The fraction of sp³-hybridized carbons (Fsp3) is 0.235. The first-order valence-corrected chi connectivity index (χ1v) is 9.42. The summed E-state index contributed by atoms with van der Waals surface area (Å²) in [5.41, 5.74) is 2.21. The minimum absolute atomic E-state index is 0.0522. The summed E-state index contributed by atoms with van der Waals surface area (Å²) >= 11 is 6.13. The standard InChI is InChI=1S/C17H17ClN2O3S/c1-11(14-4-2-3-5-15(14)18)20-24(22,23)13-7-8-16-12(10-13)6-9-17(21)19-16/h2-5,7-8,10-11,20H,6,9H2,1H3,(H,19,21)/t11-/m1/s1. The van der Waals surface area contributed by atoms with Gasteiger partial charge in [0.05, 0.1) is 4.90 Å². The largest absolute Gasteiger partial charge is 0.326 e. The van der Waals surface area contributed by atoms with Gasteiger partial charge in [-0.1, -0.05) is 29.8 Å². The number of halogens is 1. The van der Waals surface area contributed by atoms with Gasteiger partial charge in [-0.15, -0.1) is 0 Å². The Morgan fingerprint density at radius 1 is 1.17 bits per heavy atom. The quantitative estimate of drug-likeness (QED) is 0.874. The first-order valence-electron chi connectivity index (χ1n) is 7.56. The van der Waals surface area contributed by atoms with Crippen molar-refractivity contribution in [2.45, 2.75) is 30.7 Å². The molecule has 0 bridgehead atoms. The van der Waals surface area contributed by atoms with Crippen molar-refractivity contribution < 1.29 is 13.2 Å². The molecule has 1 aliphatic heterocycles. The summed E-state index contributed by atoms with van der Waals surface area (Å²) in [5.74, 6) is -0.0522.